The lowest BCUT2D eigenvalue weighted by molar-refractivity contribution is 0.368. The van der Waals surface area contributed by atoms with Gasteiger partial charge in [0.1, 0.15) is 0 Å². The number of rotatable bonds is 21. The Morgan fingerprint density at radius 1 is 0.321 bits per heavy atom. The standard InChI is InChI=1S/C20H44O6P2/c21-27(22,23)19-17-15-13-11-9-7-5-3-1-2-4-6-8-10-12-14-16-18-20-28(24,25)26/h1-20H2,(H2,21,22,23)(H2,24,25,26). The summed E-state index contributed by atoms with van der Waals surface area (Å²) in [6.45, 7) is 0. The lowest BCUT2D eigenvalue weighted by Crippen LogP contribution is -1.88. The van der Waals surface area contributed by atoms with Gasteiger partial charge in [-0.1, -0.05) is 103 Å². The van der Waals surface area contributed by atoms with Crippen molar-refractivity contribution in [3.63, 3.8) is 0 Å². The first-order chi connectivity index (χ1) is 13.2. The first-order valence-electron chi connectivity index (χ1n) is 11.3. The van der Waals surface area contributed by atoms with E-state index in [0.717, 1.165) is 25.7 Å². The van der Waals surface area contributed by atoms with Gasteiger partial charge in [-0.2, -0.15) is 0 Å². The van der Waals surface area contributed by atoms with Crippen molar-refractivity contribution in [3.8, 4) is 0 Å². The zero-order valence-corrected chi connectivity index (χ0v) is 19.4. The molecule has 0 amide bonds. The molecule has 170 valence electrons. The van der Waals surface area contributed by atoms with Gasteiger partial charge in [-0.25, -0.2) is 0 Å². The minimum atomic E-state index is -3.79. The molecule has 0 aliphatic heterocycles. The molecule has 4 N–H and O–H groups in total. The Bertz CT molecular complexity index is 392. The Morgan fingerprint density at radius 3 is 0.607 bits per heavy atom. The summed E-state index contributed by atoms with van der Waals surface area (Å²) in [5, 5.41) is 0. The quantitative estimate of drug-likeness (QED) is 0.121. The molecule has 0 bridgehead atoms. The topological polar surface area (TPSA) is 115 Å². The Balaban J connectivity index is 3.09. The van der Waals surface area contributed by atoms with Crippen molar-refractivity contribution >= 4 is 15.2 Å². The van der Waals surface area contributed by atoms with Crippen LogP contribution in [-0.2, 0) is 9.13 Å². The normalized spacial score (nSPS) is 12.6. The van der Waals surface area contributed by atoms with Crippen LogP contribution in [0.15, 0.2) is 0 Å². The summed E-state index contributed by atoms with van der Waals surface area (Å²) in [6, 6.07) is 0. The maximum Gasteiger partial charge on any atom is 0.325 e. The predicted octanol–water partition coefficient (Wildman–Crippen LogP) is 6.36. The van der Waals surface area contributed by atoms with E-state index in [1.807, 2.05) is 0 Å². The maximum atomic E-state index is 10.7. The molecule has 0 aromatic heterocycles. The summed E-state index contributed by atoms with van der Waals surface area (Å²) in [7, 11) is -7.57. The van der Waals surface area contributed by atoms with Gasteiger partial charge < -0.3 is 19.6 Å². The number of unbranched alkanes of at least 4 members (excludes halogenated alkanes) is 17. The minimum Gasteiger partial charge on any atom is -0.324 e. The molecule has 0 aliphatic carbocycles. The molecule has 0 saturated carbocycles. The van der Waals surface area contributed by atoms with Crippen molar-refractivity contribution in [2.75, 3.05) is 12.3 Å². The van der Waals surface area contributed by atoms with Crippen LogP contribution in [0.5, 0.6) is 0 Å². The van der Waals surface area contributed by atoms with E-state index in [-0.39, 0.29) is 12.3 Å². The Hall–Kier alpha value is 0.300. The van der Waals surface area contributed by atoms with Gasteiger partial charge in [-0.3, -0.25) is 9.13 Å². The summed E-state index contributed by atoms with van der Waals surface area (Å²) in [6.07, 6.45) is 20.7. The second kappa shape index (κ2) is 18.1. The third-order valence-corrected chi connectivity index (χ3v) is 6.95. The van der Waals surface area contributed by atoms with E-state index >= 15 is 0 Å². The second-order valence-electron chi connectivity index (χ2n) is 8.14. The number of hydrogen-bond donors (Lipinski definition) is 4. The zero-order chi connectivity index (χ0) is 21.1. The van der Waals surface area contributed by atoms with Crippen molar-refractivity contribution < 1.29 is 28.7 Å². The zero-order valence-electron chi connectivity index (χ0n) is 17.6. The largest absolute Gasteiger partial charge is 0.325 e. The highest BCUT2D eigenvalue weighted by molar-refractivity contribution is 7.52. The molecule has 0 radical (unpaired) electrons. The van der Waals surface area contributed by atoms with Gasteiger partial charge in [0.25, 0.3) is 0 Å². The van der Waals surface area contributed by atoms with E-state index in [4.69, 9.17) is 19.6 Å². The van der Waals surface area contributed by atoms with Crippen molar-refractivity contribution in [2.24, 2.45) is 0 Å². The van der Waals surface area contributed by atoms with Crippen LogP contribution < -0.4 is 0 Å². The van der Waals surface area contributed by atoms with Gasteiger partial charge in [-0.05, 0) is 12.8 Å². The van der Waals surface area contributed by atoms with Gasteiger partial charge >= 0.3 is 15.2 Å². The third-order valence-electron chi connectivity index (χ3n) is 5.15. The molecule has 0 unspecified atom stereocenters. The summed E-state index contributed by atoms with van der Waals surface area (Å²) < 4.78 is 21.4. The van der Waals surface area contributed by atoms with Crippen molar-refractivity contribution in [1.82, 2.24) is 0 Å². The molecule has 0 heterocycles. The van der Waals surface area contributed by atoms with E-state index in [0.29, 0.717) is 12.8 Å². The lowest BCUT2D eigenvalue weighted by Gasteiger charge is -2.05. The first-order valence-corrected chi connectivity index (χ1v) is 14.9. The predicted molar refractivity (Wildman–Crippen MR) is 117 cm³/mol. The van der Waals surface area contributed by atoms with E-state index in [9.17, 15) is 9.13 Å². The van der Waals surface area contributed by atoms with Crippen molar-refractivity contribution in [2.45, 2.75) is 116 Å². The van der Waals surface area contributed by atoms with Crippen LogP contribution in [0.25, 0.3) is 0 Å². The summed E-state index contributed by atoms with van der Waals surface area (Å²) in [4.78, 5) is 35.1. The van der Waals surface area contributed by atoms with Crippen LogP contribution in [0.4, 0.5) is 0 Å². The average molecular weight is 443 g/mol. The maximum absolute atomic E-state index is 10.7. The smallest absolute Gasteiger partial charge is 0.324 e. The van der Waals surface area contributed by atoms with Crippen LogP contribution in [0.1, 0.15) is 116 Å². The third kappa shape index (κ3) is 26.3. The lowest BCUT2D eigenvalue weighted by atomic mass is 10.0. The van der Waals surface area contributed by atoms with E-state index < -0.39 is 15.2 Å². The molecule has 0 atom stereocenters. The van der Waals surface area contributed by atoms with Gasteiger partial charge in [0.2, 0.25) is 0 Å². The molecular formula is C20H44O6P2. The molecule has 0 aromatic carbocycles. The molecule has 28 heavy (non-hydrogen) atoms. The number of hydrogen-bond acceptors (Lipinski definition) is 2. The second-order valence-corrected chi connectivity index (χ2v) is 11.7. The summed E-state index contributed by atoms with van der Waals surface area (Å²) in [5.41, 5.74) is 0. The first kappa shape index (κ1) is 28.3. The van der Waals surface area contributed by atoms with Gasteiger partial charge in [0.05, 0.1) is 0 Å². The van der Waals surface area contributed by atoms with E-state index in [2.05, 4.69) is 0 Å². The molecule has 8 heteroatoms. The molecular weight excluding hydrogens is 398 g/mol. The monoisotopic (exact) mass is 442 g/mol. The molecule has 0 saturated heterocycles. The fourth-order valence-electron chi connectivity index (χ4n) is 3.46. The summed E-state index contributed by atoms with van der Waals surface area (Å²) >= 11 is 0. The SMILES string of the molecule is O=P(O)(O)CCCCCCCCCCCCCCCCCCCCP(=O)(O)O. The van der Waals surface area contributed by atoms with E-state index in [1.54, 1.807) is 0 Å². The Kier molecular flexibility index (Phi) is 18.3. The van der Waals surface area contributed by atoms with Gasteiger partial charge in [-0.15, -0.1) is 0 Å². The van der Waals surface area contributed by atoms with Crippen LogP contribution in [0, 0.1) is 0 Å². The molecule has 0 spiro atoms. The fourth-order valence-corrected chi connectivity index (χ4v) is 4.74. The Labute approximate surface area is 172 Å². The van der Waals surface area contributed by atoms with Gasteiger partial charge in [0, 0.05) is 12.3 Å². The Morgan fingerprint density at radius 2 is 0.464 bits per heavy atom. The van der Waals surface area contributed by atoms with E-state index in [1.165, 1.54) is 77.0 Å². The molecule has 0 fully saturated rings. The van der Waals surface area contributed by atoms with Crippen LogP contribution >= 0.6 is 15.2 Å². The van der Waals surface area contributed by atoms with Crippen molar-refractivity contribution in [3.05, 3.63) is 0 Å². The highest BCUT2D eigenvalue weighted by Gasteiger charge is 2.11. The molecule has 6 nitrogen and oxygen atoms in total. The molecule has 0 rings (SSSR count). The average Bonchev–Trinajstić information content (AvgIpc) is 2.58. The van der Waals surface area contributed by atoms with Crippen molar-refractivity contribution in [1.29, 1.82) is 0 Å². The highest BCUT2D eigenvalue weighted by Crippen LogP contribution is 2.36. The van der Waals surface area contributed by atoms with Crippen LogP contribution in [0.3, 0.4) is 0 Å². The highest BCUT2D eigenvalue weighted by atomic mass is 31.2. The van der Waals surface area contributed by atoms with Gasteiger partial charge in [0.15, 0.2) is 0 Å². The minimum absolute atomic E-state index is 0.0341. The molecule has 0 aromatic rings. The molecule has 0 aliphatic rings. The van der Waals surface area contributed by atoms with Crippen LogP contribution in [0.2, 0.25) is 0 Å². The summed E-state index contributed by atoms with van der Waals surface area (Å²) in [5.74, 6) is 0. The fraction of sp³-hybridized carbons (Fsp3) is 1.00. The van der Waals surface area contributed by atoms with Crippen LogP contribution in [-0.4, -0.2) is 31.9 Å².